The monoisotopic (exact) mass is 121 g/mol. The third-order valence-electron chi connectivity index (χ3n) is 0. The molecule has 0 heterocycles. The second kappa shape index (κ2) is 16.5. The standard InChI is InChI=1S/C2H5NO.C2H4O.H2O/c1-2(3)4;1-2-3;/h1H3,(H2,3,4);2H,1H3;1H2. The molecule has 0 spiro atoms. The molecule has 50 valence electrons. The topological polar surface area (TPSA) is 91.7 Å². The molecule has 0 rings (SSSR count). The largest absolute Gasteiger partial charge is 0.412 e. The molecule has 4 nitrogen and oxygen atoms in total. The summed E-state index contributed by atoms with van der Waals surface area (Å²) >= 11 is 0. The van der Waals surface area contributed by atoms with Crippen LogP contribution >= 0.6 is 0 Å². The van der Waals surface area contributed by atoms with Gasteiger partial charge >= 0.3 is 0 Å². The molecule has 0 saturated heterocycles. The third kappa shape index (κ3) is 106. The zero-order valence-corrected chi connectivity index (χ0v) is 4.97. The molecule has 0 bridgehead atoms. The van der Waals surface area contributed by atoms with Crippen LogP contribution in [-0.4, -0.2) is 17.7 Å². The number of rotatable bonds is 0. The normalized spacial score (nSPS) is 4.75. The summed E-state index contributed by atoms with van der Waals surface area (Å²) in [6.07, 6.45) is 0.750. The van der Waals surface area contributed by atoms with Crippen LogP contribution in [0, 0.1) is 0 Å². The molecule has 0 atom stereocenters. The number of nitrogens with two attached hydrogens (primary N) is 1. The van der Waals surface area contributed by atoms with E-state index in [0.717, 1.165) is 6.29 Å². The first-order valence-electron chi connectivity index (χ1n) is 1.81. The van der Waals surface area contributed by atoms with E-state index in [1.807, 2.05) is 0 Å². The first-order chi connectivity index (χ1) is 3.15. The van der Waals surface area contributed by atoms with Gasteiger partial charge in [-0.3, -0.25) is 4.79 Å². The van der Waals surface area contributed by atoms with Crippen molar-refractivity contribution < 1.29 is 15.1 Å². The summed E-state index contributed by atoms with van der Waals surface area (Å²) in [6.45, 7) is 2.75. The molecule has 4 N–H and O–H groups in total. The van der Waals surface area contributed by atoms with Crippen LogP contribution < -0.4 is 5.73 Å². The maximum atomic E-state index is 9.22. The van der Waals surface area contributed by atoms with Gasteiger partial charge < -0.3 is 16.0 Å². The van der Waals surface area contributed by atoms with E-state index in [4.69, 9.17) is 4.79 Å². The molecule has 0 saturated carbocycles. The van der Waals surface area contributed by atoms with E-state index >= 15 is 0 Å². The van der Waals surface area contributed by atoms with Crippen LogP contribution in [0.25, 0.3) is 0 Å². The van der Waals surface area contributed by atoms with Crippen LogP contribution in [0.1, 0.15) is 13.8 Å². The van der Waals surface area contributed by atoms with Crippen molar-refractivity contribution in [2.24, 2.45) is 5.73 Å². The van der Waals surface area contributed by atoms with E-state index < -0.39 is 0 Å². The van der Waals surface area contributed by atoms with Gasteiger partial charge in [-0.15, -0.1) is 0 Å². The molecular formula is C4H11NO3. The summed E-state index contributed by atoms with van der Waals surface area (Å²) in [6, 6.07) is 0. The lowest BCUT2D eigenvalue weighted by atomic mass is 10.8. The fourth-order valence-corrected chi connectivity index (χ4v) is 0. The van der Waals surface area contributed by atoms with Crippen LogP contribution in [0.3, 0.4) is 0 Å². The summed E-state index contributed by atoms with van der Waals surface area (Å²) in [5, 5.41) is 0. The van der Waals surface area contributed by atoms with Crippen LogP contribution in [0.5, 0.6) is 0 Å². The Morgan fingerprint density at radius 1 is 1.62 bits per heavy atom. The SMILES string of the molecule is CC(N)=O.CC=O.O. The van der Waals surface area contributed by atoms with E-state index in [-0.39, 0.29) is 11.4 Å². The Bertz CT molecular complexity index is 58.3. The Labute approximate surface area is 48.0 Å². The number of carbonyl (C=O) groups excluding carboxylic acids is 2. The number of hydrogen-bond donors (Lipinski definition) is 1. The molecule has 0 radical (unpaired) electrons. The highest BCUT2D eigenvalue weighted by molar-refractivity contribution is 5.70. The minimum Gasteiger partial charge on any atom is -0.412 e. The predicted molar refractivity (Wildman–Crippen MR) is 30.2 cm³/mol. The smallest absolute Gasteiger partial charge is 0.214 e. The fourth-order valence-electron chi connectivity index (χ4n) is 0. The summed E-state index contributed by atoms with van der Waals surface area (Å²) < 4.78 is 0. The molecule has 0 fully saturated rings. The van der Waals surface area contributed by atoms with Crippen molar-refractivity contribution in [1.82, 2.24) is 0 Å². The molecule has 0 aromatic heterocycles. The van der Waals surface area contributed by atoms with Crippen molar-refractivity contribution in [3.8, 4) is 0 Å². The first kappa shape index (κ1) is 15.7. The van der Waals surface area contributed by atoms with Gasteiger partial charge in [0.15, 0.2) is 0 Å². The fraction of sp³-hybridized carbons (Fsp3) is 0.500. The van der Waals surface area contributed by atoms with Gasteiger partial charge in [-0.2, -0.15) is 0 Å². The van der Waals surface area contributed by atoms with E-state index in [0.29, 0.717) is 0 Å². The minimum atomic E-state index is -0.333. The van der Waals surface area contributed by atoms with Crippen LogP contribution in [0.2, 0.25) is 0 Å². The summed E-state index contributed by atoms with van der Waals surface area (Å²) in [5.74, 6) is -0.333. The highest BCUT2D eigenvalue weighted by Crippen LogP contribution is 1.33. The van der Waals surface area contributed by atoms with Crippen molar-refractivity contribution in [1.29, 1.82) is 0 Å². The van der Waals surface area contributed by atoms with E-state index in [9.17, 15) is 4.79 Å². The lowest BCUT2D eigenvalue weighted by molar-refractivity contribution is -0.116. The predicted octanol–water partition coefficient (Wildman–Crippen LogP) is -1.13. The molecule has 0 aliphatic heterocycles. The van der Waals surface area contributed by atoms with E-state index in [1.54, 1.807) is 0 Å². The Balaban J connectivity index is -0.0000000575. The maximum Gasteiger partial charge on any atom is 0.214 e. The first-order valence-corrected chi connectivity index (χ1v) is 1.81. The molecule has 0 aromatic rings. The van der Waals surface area contributed by atoms with Gasteiger partial charge in [-0.1, -0.05) is 0 Å². The van der Waals surface area contributed by atoms with Crippen molar-refractivity contribution >= 4 is 12.2 Å². The van der Waals surface area contributed by atoms with Crippen molar-refractivity contribution in [2.45, 2.75) is 13.8 Å². The van der Waals surface area contributed by atoms with Crippen molar-refractivity contribution in [3.05, 3.63) is 0 Å². The molecule has 1 amide bonds. The molecule has 0 unspecified atom stereocenters. The summed E-state index contributed by atoms with van der Waals surface area (Å²) in [5.41, 5.74) is 4.47. The average Bonchev–Trinajstić information content (AvgIpc) is 1.33. The van der Waals surface area contributed by atoms with Crippen molar-refractivity contribution in [2.75, 3.05) is 0 Å². The second-order valence-corrected chi connectivity index (χ2v) is 0.846. The van der Waals surface area contributed by atoms with Gasteiger partial charge in [-0.25, -0.2) is 0 Å². The zero-order valence-electron chi connectivity index (χ0n) is 4.97. The van der Waals surface area contributed by atoms with Gasteiger partial charge in [-0.05, 0) is 6.92 Å². The Kier molecular flexibility index (Phi) is 32.4. The molecule has 0 aliphatic rings. The summed E-state index contributed by atoms with van der Waals surface area (Å²) in [7, 11) is 0. The summed E-state index contributed by atoms with van der Waals surface area (Å²) in [4.78, 5) is 18.0. The highest BCUT2D eigenvalue weighted by Gasteiger charge is 1.61. The van der Waals surface area contributed by atoms with Crippen molar-refractivity contribution in [3.63, 3.8) is 0 Å². The number of amides is 1. The maximum absolute atomic E-state index is 9.22. The second-order valence-electron chi connectivity index (χ2n) is 0.846. The van der Waals surface area contributed by atoms with Gasteiger partial charge in [0.2, 0.25) is 5.91 Å². The lowest BCUT2D eigenvalue weighted by Gasteiger charge is -1.60. The molecular weight excluding hydrogens is 110 g/mol. The van der Waals surface area contributed by atoms with Crippen LogP contribution in [-0.2, 0) is 9.59 Å². The van der Waals surface area contributed by atoms with Gasteiger partial charge in [0, 0.05) is 6.92 Å². The molecule has 0 aliphatic carbocycles. The lowest BCUT2D eigenvalue weighted by Crippen LogP contribution is -2.01. The van der Waals surface area contributed by atoms with Crippen LogP contribution in [0.4, 0.5) is 0 Å². The highest BCUT2D eigenvalue weighted by atomic mass is 16.1. The third-order valence-corrected chi connectivity index (χ3v) is 0. The zero-order chi connectivity index (χ0) is 6.28. The van der Waals surface area contributed by atoms with Gasteiger partial charge in [0.1, 0.15) is 6.29 Å². The number of carbonyl (C=O) groups is 2. The quantitative estimate of drug-likeness (QED) is 0.411. The Morgan fingerprint density at radius 3 is 1.62 bits per heavy atom. The Hall–Kier alpha value is -0.900. The number of hydrogen-bond acceptors (Lipinski definition) is 2. The molecule has 0 aromatic carbocycles. The number of aldehydes is 1. The van der Waals surface area contributed by atoms with Gasteiger partial charge in [0.25, 0.3) is 0 Å². The van der Waals surface area contributed by atoms with Gasteiger partial charge in [0.05, 0.1) is 0 Å². The Morgan fingerprint density at radius 2 is 1.62 bits per heavy atom. The van der Waals surface area contributed by atoms with E-state index in [1.165, 1.54) is 13.8 Å². The number of primary amides is 1. The van der Waals surface area contributed by atoms with E-state index in [2.05, 4.69) is 5.73 Å². The van der Waals surface area contributed by atoms with Crippen LogP contribution in [0.15, 0.2) is 0 Å². The average molecular weight is 121 g/mol. The molecule has 4 heteroatoms. The minimum absolute atomic E-state index is 0. The molecule has 8 heavy (non-hydrogen) atoms.